The Morgan fingerprint density at radius 2 is 0.956 bits per heavy atom. The maximum absolute atomic E-state index is 7.45. The summed E-state index contributed by atoms with van der Waals surface area (Å²) < 4.78 is 20.9. The van der Waals surface area contributed by atoms with Gasteiger partial charge in [0.1, 0.15) is 0 Å². The van der Waals surface area contributed by atoms with Gasteiger partial charge in [-0.3, -0.25) is 0 Å². The van der Waals surface area contributed by atoms with Gasteiger partial charge in [0.15, 0.2) is 0 Å². The van der Waals surface area contributed by atoms with E-state index in [0.29, 0.717) is 31.7 Å². The summed E-state index contributed by atoms with van der Waals surface area (Å²) in [5, 5.41) is 3.77. The van der Waals surface area contributed by atoms with Gasteiger partial charge in [-0.25, -0.2) is 0 Å². The van der Waals surface area contributed by atoms with Gasteiger partial charge in [0.25, 0.3) is 8.32 Å². The first kappa shape index (κ1) is 29.6. The quantitative estimate of drug-likeness (QED) is 0.0901. The zero-order valence-electron chi connectivity index (χ0n) is 25.5. The first-order valence-corrected chi connectivity index (χ1v) is 18.0. The highest BCUT2D eigenvalue weighted by Crippen LogP contribution is 2.46. The normalized spacial score (nSPS) is 22.4. The van der Waals surface area contributed by atoms with Gasteiger partial charge in [0.2, 0.25) is 0 Å². The van der Waals surface area contributed by atoms with Gasteiger partial charge in [0.05, 0.1) is 25.4 Å². The Morgan fingerprint density at radius 1 is 0.511 bits per heavy atom. The molecule has 5 atom stereocenters. The van der Waals surface area contributed by atoms with Crippen molar-refractivity contribution in [2.45, 2.75) is 31.8 Å². The van der Waals surface area contributed by atoms with Crippen LogP contribution in [0.4, 0.5) is 0 Å². The molecule has 4 heteroatoms. The lowest BCUT2D eigenvalue weighted by molar-refractivity contribution is -0.0907. The van der Waals surface area contributed by atoms with Crippen molar-refractivity contribution in [2.24, 2.45) is 17.8 Å². The zero-order chi connectivity index (χ0) is 30.3. The molecule has 1 saturated carbocycles. The van der Waals surface area contributed by atoms with Gasteiger partial charge >= 0.3 is 0 Å². The largest absolute Gasteiger partial charge is 0.404 e. The van der Waals surface area contributed by atoms with Crippen LogP contribution in [0, 0.1) is 17.8 Å². The lowest BCUT2D eigenvalue weighted by atomic mass is 9.89. The lowest BCUT2D eigenvalue weighted by Gasteiger charge is -2.36. The third kappa shape index (κ3) is 6.38. The molecule has 0 N–H and O–H groups in total. The van der Waals surface area contributed by atoms with Crippen LogP contribution < -0.4 is 15.6 Å². The first-order valence-electron chi connectivity index (χ1n) is 16.1. The van der Waals surface area contributed by atoms with Crippen LogP contribution in [0.15, 0.2) is 164 Å². The predicted octanol–water partition coefficient (Wildman–Crippen LogP) is 6.66. The smallest absolute Gasteiger partial charge is 0.288 e. The van der Waals surface area contributed by atoms with Crippen LogP contribution in [0.2, 0.25) is 0 Å². The molecule has 2 aliphatic carbocycles. The van der Waals surface area contributed by atoms with E-state index >= 15 is 0 Å². The fourth-order valence-electron chi connectivity index (χ4n) is 7.31. The molecule has 0 bridgehead atoms. The Hall–Kier alpha value is -4.06. The minimum Gasteiger partial charge on any atom is -0.404 e. The Labute approximate surface area is 268 Å². The summed E-state index contributed by atoms with van der Waals surface area (Å²) in [7, 11) is -2.81. The van der Waals surface area contributed by atoms with Crippen LogP contribution in [0.3, 0.4) is 0 Å². The summed E-state index contributed by atoms with van der Waals surface area (Å²) in [5.41, 5.74) is 2.38. The molecule has 5 aromatic rings. The van der Waals surface area contributed by atoms with Gasteiger partial charge in [-0.1, -0.05) is 164 Å². The number of hydrogen-bond acceptors (Lipinski definition) is 3. The molecule has 0 spiro atoms. The molecule has 0 heterocycles. The number of ether oxygens (including phenoxy) is 2. The van der Waals surface area contributed by atoms with Crippen molar-refractivity contribution >= 4 is 23.9 Å². The van der Waals surface area contributed by atoms with Crippen LogP contribution in [0.25, 0.3) is 0 Å². The van der Waals surface area contributed by atoms with Crippen molar-refractivity contribution in [1.82, 2.24) is 0 Å². The van der Waals surface area contributed by atoms with Crippen molar-refractivity contribution in [2.75, 3.05) is 6.61 Å². The highest BCUT2D eigenvalue weighted by Gasteiger charge is 2.50. The molecule has 0 unspecified atom stereocenters. The molecule has 0 aromatic heterocycles. The fraction of sp³-hybridized carbons (Fsp3) is 0.220. The summed E-state index contributed by atoms with van der Waals surface area (Å²) in [6, 6.07) is 53.5. The number of benzene rings is 5. The molecular formula is C41H40O3Si. The van der Waals surface area contributed by atoms with E-state index in [9.17, 15) is 0 Å². The van der Waals surface area contributed by atoms with Gasteiger partial charge in [-0.05, 0) is 39.0 Å². The van der Waals surface area contributed by atoms with Crippen molar-refractivity contribution < 1.29 is 13.9 Å². The van der Waals surface area contributed by atoms with Crippen LogP contribution in [-0.2, 0) is 27.1 Å². The summed E-state index contributed by atoms with van der Waals surface area (Å²) in [6.07, 6.45) is 5.75. The van der Waals surface area contributed by atoms with Crippen molar-refractivity contribution in [1.29, 1.82) is 0 Å². The Bertz CT molecular complexity index is 1550. The van der Waals surface area contributed by atoms with E-state index < -0.39 is 8.32 Å². The van der Waals surface area contributed by atoms with Gasteiger partial charge in [-0.2, -0.15) is 0 Å². The number of rotatable bonds is 12. The standard InChI is InChI=1S/C41H40O3Si/c1-6-16-32(17-7-1)29-42-39-28-34-26-27-35(40(34)41(39)43-30-33-18-8-2-9-19-33)31-44-45(36-20-10-3-11-21-36,37-22-12-4-13-23-37)38-24-14-5-15-25-38/h1-27,34-35,39-41H,28-31H2/t34-,35+,39-,40+,41-/m1/s1. The third-order valence-electron chi connectivity index (χ3n) is 9.47. The molecule has 0 saturated heterocycles. The average Bonchev–Trinajstić information content (AvgIpc) is 3.68. The van der Waals surface area contributed by atoms with Crippen LogP contribution in [0.1, 0.15) is 17.5 Å². The van der Waals surface area contributed by atoms with Crippen LogP contribution >= 0.6 is 0 Å². The molecule has 0 radical (unpaired) electrons. The van der Waals surface area contributed by atoms with E-state index in [1.165, 1.54) is 26.7 Å². The molecule has 45 heavy (non-hydrogen) atoms. The maximum Gasteiger partial charge on any atom is 0.288 e. The molecule has 3 nitrogen and oxygen atoms in total. The zero-order valence-corrected chi connectivity index (χ0v) is 26.5. The molecule has 1 fully saturated rings. The Kier molecular flexibility index (Phi) is 9.17. The molecule has 0 amide bonds. The average molecular weight is 609 g/mol. The summed E-state index contributed by atoms with van der Waals surface area (Å²) >= 11 is 0. The number of hydrogen-bond donors (Lipinski definition) is 0. The van der Waals surface area contributed by atoms with Crippen LogP contribution in [0.5, 0.6) is 0 Å². The first-order chi connectivity index (χ1) is 22.3. The summed E-state index contributed by atoms with van der Waals surface area (Å²) in [6.45, 7) is 1.79. The SMILES string of the molecule is C1=C[C@@H](CO[Si](c2ccccc2)(c2ccccc2)c2ccccc2)[C@H]2[C@H](OCc3ccccc3)[C@H](OCc3ccccc3)C[C@@H]12. The van der Waals surface area contributed by atoms with Crippen molar-refractivity contribution in [3.05, 3.63) is 175 Å². The van der Waals surface area contributed by atoms with Crippen LogP contribution in [-0.4, -0.2) is 27.1 Å². The molecule has 2 aliphatic rings. The second kappa shape index (κ2) is 13.9. The highest BCUT2D eigenvalue weighted by molar-refractivity contribution is 7.07. The second-order valence-electron chi connectivity index (χ2n) is 12.2. The number of allylic oxidation sites excluding steroid dienone is 1. The van der Waals surface area contributed by atoms with Crippen molar-refractivity contribution in [3.8, 4) is 0 Å². The fourth-order valence-corrected chi connectivity index (χ4v) is 11.2. The van der Waals surface area contributed by atoms with Gasteiger partial charge in [0, 0.05) is 18.4 Å². The maximum atomic E-state index is 7.45. The van der Waals surface area contributed by atoms with Crippen molar-refractivity contribution in [3.63, 3.8) is 0 Å². The van der Waals surface area contributed by atoms with E-state index in [-0.39, 0.29) is 18.1 Å². The summed E-state index contributed by atoms with van der Waals surface area (Å²) in [5.74, 6) is 0.925. The van der Waals surface area contributed by atoms with E-state index in [1.807, 2.05) is 6.07 Å². The Balaban J connectivity index is 1.18. The molecule has 5 aromatic carbocycles. The molecule has 7 rings (SSSR count). The number of fused-ring (bicyclic) bond motifs is 1. The van der Waals surface area contributed by atoms with E-state index in [1.54, 1.807) is 0 Å². The molecule has 0 aliphatic heterocycles. The van der Waals surface area contributed by atoms with Gasteiger partial charge < -0.3 is 13.9 Å². The highest BCUT2D eigenvalue weighted by atomic mass is 28.4. The second-order valence-corrected chi connectivity index (χ2v) is 15.6. The minimum absolute atomic E-state index is 0.0238. The van der Waals surface area contributed by atoms with E-state index in [0.717, 1.165) is 6.42 Å². The van der Waals surface area contributed by atoms with E-state index in [4.69, 9.17) is 13.9 Å². The van der Waals surface area contributed by atoms with Gasteiger partial charge in [-0.15, -0.1) is 0 Å². The summed E-state index contributed by atoms with van der Waals surface area (Å²) in [4.78, 5) is 0. The van der Waals surface area contributed by atoms with E-state index in [2.05, 4.69) is 158 Å². The molecule has 226 valence electrons. The monoisotopic (exact) mass is 608 g/mol. The predicted molar refractivity (Wildman–Crippen MR) is 184 cm³/mol. The topological polar surface area (TPSA) is 27.7 Å². The lowest BCUT2D eigenvalue weighted by Crippen LogP contribution is -2.69. The Morgan fingerprint density at radius 3 is 1.44 bits per heavy atom. The minimum atomic E-state index is -2.81. The molecular weight excluding hydrogens is 569 g/mol. The third-order valence-corrected chi connectivity index (χ3v) is 13.5.